The number of halogens is 1. The van der Waals surface area contributed by atoms with Crippen LogP contribution in [0.3, 0.4) is 0 Å². The highest BCUT2D eigenvalue weighted by Gasteiger charge is 2.24. The molecule has 1 aromatic heterocycles. The number of anilines is 2. The SMILES string of the molecule is O=C(O)C1CCN(Cc2ccc3onc(Nc4cccc(-c5ccccc5)c4Cl)c3c2)CC1. The number of hydrogen-bond donors (Lipinski definition) is 2. The van der Waals surface area contributed by atoms with E-state index < -0.39 is 5.97 Å². The fourth-order valence-corrected chi connectivity index (χ4v) is 4.65. The maximum atomic E-state index is 11.2. The van der Waals surface area contributed by atoms with E-state index in [-0.39, 0.29) is 5.92 Å². The van der Waals surface area contributed by atoms with Gasteiger partial charge in [-0.05, 0) is 55.3 Å². The van der Waals surface area contributed by atoms with Crippen molar-refractivity contribution in [3.05, 3.63) is 77.3 Å². The van der Waals surface area contributed by atoms with E-state index >= 15 is 0 Å². The summed E-state index contributed by atoms with van der Waals surface area (Å²) in [5.41, 5.74) is 4.58. The Bertz CT molecular complexity index is 1280. The Morgan fingerprint density at radius 1 is 1.09 bits per heavy atom. The predicted molar refractivity (Wildman–Crippen MR) is 130 cm³/mol. The van der Waals surface area contributed by atoms with Crippen LogP contribution in [0.2, 0.25) is 5.02 Å². The van der Waals surface area contributed by atoms with E-state index in [0.29, 0.717) is 29.3 Å². The van der Waals surface area contributed by atoms with Crippen molar-refractivity contribution in [2.24, 2.45) is 5.92 Å². The van der Waals surface area contributed by atoms with Crippen molar-refractivity contribution in [2.45, 2.75) is 19.4 Å². The summed E-state index contributed by atoms with van der Waals surface area (Å²) in [4.78, 5) is 13.5. The van der Waals surface area contributed by atoms with Crippen LogP contribution in [0, 0.1) is 5.92 Å². The molecule has 2 N–H and O–H groups in total. The highest BCUT2D eigenvalue weighted by molar-refractivity contribution is 6.36. The van der Waals surface area contributed by atoms with Gasteiger partial charge in [0.15, 0.2) is 11.4 Å². The second-order valence-electron chi connectivity index (χ2n) is 8.41. The summed E-state index contributed by atoms with van der Waals surface area (Å²) < 4.78 is 5.53. The van der Waals surface area contributed by atoms with Crippen LogP contribution in [0.4, 0.5) is 11.5 Å². The minimum Gasteiger partial charge on any atom is -0.481 e. The Kier molecular flexibility index (Phi) is 6.03. The van der Waals surface area contributed by atoms with E-state index in [2.05, 4.69) is 21.4 Å². The minimum absolute atomic E-state index is 0.228. The van der Waals surface area contributed by atoms with Crippen LogP contribution in [0.15, 0.2) is 71.3 Å². The lowest BCUT2D eigenvalue weighted by atomic mass is 9.97. The van der Waals surface area contributed by atoms with Crippen LogP contribution in [0.5, 0.6) is 0 Å². The van der Waals surface area contributed by atoms with Gasteiger partial charge in [-0.2, -0.15) is 0 Å². The molecule has 3 aromatic carbocycles. The van der Waals surface area contributed by atoms with Gasteiger partial charge in [-0.1, -0.05) is 65.3 Å². The molecule has 7 heteroatoms. The molecule has 0 spiro atoms. The number of aromatic nitrogens is 1. The molecule has 168 valence electrons. The third-order valence-electron chi connectivity index (χ3n) is 6.21. The summed E-state index contributed by atoms with van der Waals surface area (Å²) in [7, 11) is 0. The van der Waals surface area contributed by atoms with Crippen molar-refractivity contribution in [1.82, 2.24) is 10.1 Å². The van der Waals surface area contributed by atoms with E-state index in [1.165, 1.54) is 0 Å². The van der Waals surface area contributed by atoms with Crippen LogP contribution in [0.25, 0.3) is 22.1 Å². The van der Waals surface area contributed by atoms with Gasteiger partial charge in [-0.3, -0.25) is 9.69 Å². The first-order valence-corrected chi connectivity index (χ1v) is 11.4. The van der Waals surface area contributed by atoms with E-state index in [1.54, 1.807) is 0 Å². The molecule has 0 radical (unpaired) electrons. The van der Waals surface area contributed by atoms with Crippen LogP contribution in [-0.4, -0.2) is 34.2 Å². The van der Waals surface area contributed by atoms with Crippen molar-refractivity contribution in [2.75, 3.05) is 18.4 Å². The van der Waals surface area contributed by atoms with E-state index in [4.69, 9.17) is 16.1 Å². The molecule has 33 heavy (non-hydrogen) atoms. The number of nitrogens with one attached hydrogen (secondary N) is 1. The minimum atomic E-state index is -0.689. The number of piperidine rings is 1. The zero-order valence-corrected chi connectivity index (χ0v) is 18.8. The molecule has 4 aromatic rings. The van der Waals surface area contributed by atoms with Gasteiger partial charge in [-0.25, -0.2) is 0 Å². The van der Waals surface area contributed by atoms with Crippen molar-refractivity contribution in [1.29, 1.82) is 0 Å². The van der Waals surface area contributed by atoms with Gasteiger partial charge < -0.3 is 14.9 Å². The highest BCUT2D eigenvalue weighted by atomic mass is 35.5. The maximum absolute atomic E-state index is 11.2. The van der Waals surface area contributed by atoms with Crippen molar-refractivity contribution in [3.63, 3.8) is 0 Å². The molecule has 1 aliphatic heterocycles. The Balaban J connectivity index is 1.36. The smallest absolute Gasteiger partial charge is 0.306 e. The van der Waals surface area contributed by atoms with Crippen molar-refractivity contribution >= 4 is 40.0 Å². The molecule has 2 heterocycles. The molecule has 1 fully saturated rings. The number of carbonyl (C=O) groups is 1. The Morgan fingerprint density at radius 2 is 1.88 bits per heavy atom. The molecule has 6 nitrogen and oxygen atoms in total. The predicted octanol–water partition coefficient (Wildman–Crippen LogP) is 6.19. The summed E-state index contributed by atoms with van der Waals surface area (Å²) in [5, 5.41) is 18.3. The van der Waals surface area contributed by atoms with Crippen LogP contribution >= 0.6 is 11.6 Å². The topological polar surface area (TPSA) is 78.6 Å². The maximum Gasteiger partial charge on any atom is 0.306 e. The third-order valence-corrected chi connectivity index (χ3v) is 6.62. The van der Waals surface area contributed by atoms with Gasteiger partial charge in [-0.15, -0.1) is 0 Å². The summed E-state index contributed by atoms with van der Waals surface area (Å²) >= 11 is 6.74. The van der Waals surface area contributed by atoms with Crippen LogP contribution in [-0.2, 0) is 11.3 Å². The second-order valence-corrected chi connectivity index (χ2v) is 8.79. The summed E-state index contributed by atoms with van der Waals surface area (Å²) in [6.45, 7) is 2.33. The number of rotatable bonds is 6. The van der Waals surface area contributed by atoms with Gasteiger partial charge in [0.1, 0.15) is 0 Å². The summed E-state index contributed by atoms with van der Waals surface area (Å²) in [6, 6.07) is 21.9. The first-order valence-electron chi connectivity index (χ1n) is 11.0. The number of aliphatic carboxylic acids is 1. The lowest BCUT2D eigenvalue weighted by molar-refractivity contribution is -0.143. The number of carboxylic acid groups (broad SMARTS) is 1. The normalized spacial score (nSPS) is 15.1. The number of likely N-dealkylation sites (tertiary alicyclic amines) is 1. The lowest BCUT2D eigenvalue weighted by Gasteiger charge is -2.30. The van der Waals surface area contributed by atoms with Gasteiger partial charge in [0.05, 0.1) is 22.0 Å². The van der Waals surface area contributed by atoms with Crippen LogP contribution in [0.1, 0.15) is 18.4 Å². The monoisotopic (exact) mass is 461 g/mol. The first kappa shape index (κ1) is 21.5. The van der Waals surface area contributed by atoms with Gasteiger partial charge in [0.2, 0.25) is 0 Å². The van der Waals surface area contributed by atoms with Gasteiger partial charge >= 0.3 is 5.97 Å². The summed E-state index contributed by atoms with van der Waals surface area (Å²) in [6.07, 6.45) is 1.38. The molecular weight excluding hydrogens is 438 g/mol. The number of carboxylic acids is 1. The average Bonchev–Trinajstić information content (AvgIpc) is 3.23. The Hall–Kier alpha value is -3.35. The lowest BCUT2D eigenvalue weighted by Crippen LogP contribution is -2.35. The Morgan fingerprint density at radius 3 is 2.64 bits per heavy atom. The first-order chi connectivity index (χ1) is 16.1. The third kappa shape index (κ3) is 4.58. The number of hydrogen-bond acceptors (Lipinski definition) is 5. The molecule has 0 unspecified atom stereocenters. The highest BCUT2D eigenvalue weighted by Crippen LogP contribution is 2.36. The largest absolute Gasteiger partial charge is 0.481 e. The zero-order valence-electron chi connectivity index (χ0n) is 18.0. The van der Waals surface area contributed by atoms with Crippen LogP contribution < -0.4 is 5.32 Å². The number of benzene rings is 3. The fraction of sp³-hybridized carbons (Fsp3) is 0.231. The molecule has 0 amide bonds. The average molecular weight is 462 g/mol. The fourth-order valence-electron chi connectivity index (χ4n) is 4.37. The molecule has 1 aliphatic rings. The van der Waals surface area contributed by atoms with E-state index in [9.17, 15) is 9.90 Å². The molecule has 0 aliphatic carbocycles. The van der Waals surface area contributed by atoms with E-state index in [0.717, 1.165) is 47.4 Å². The van der Waals surface area contributed by atoms with Crippen molar-refractivity contribution in [3.8, 4) is 11.1 Å². The molecule has 5 rings (SSSR count). The molecular formula is C26H24ClN3O3. The summed E-state index contributed by atoms with van der Waals surface area (Å²) in [5.74, 6) is -0.302. The second kappa shape index (κ2) is 9.25. The number of fused-ring (bicyclic) bond motifs is 1. The van der Waals surface area contributed by atoms with Gasteiger partial charge in [0.25, 0.3) is 0 Å². The molecule has 0 saturated carbocycles. The van der Waals surface area contributed by atoms with Crippen molar-refractivity contribution < 1.29 is 14.4 Å². The quantitative estimate of drug-likeness (QED) is 0.356. The molecule has 1 saturated heterocycles. The molecule has 0 atom stereocenters. The molecule has 0 bridgehead atoms. The Labute approximate surface area is 196 Å². The van der Waals surface area contributed by atoms with Gasteiger partial charge in [0, 0.05) is 12.1 Å². The standard InChI is InChI=1S/C26H24ClN3O3/c27-24-20(18-5-2-1-3-6-18)7-4-8-22(24)28-25-21-15-17(9-10-23(21)33-29-25)16-30-13-11-19(12-14-30)26(31)32/h1-10,15,19H,11-14,16H2,(H,28,29)(H,31,32). The van der Waals surface area contributed by atoms with E-state index in [1.807, 2.05) is 60.7 Å². The zero-order chi connectivity index (χ0) is 22.8. The number of nitrogens with zero attached hydrogens (tertiary/aromatic N) is 2.